The molecule has 0 saturated carbocycles. The summed E-state index contributed by atoms with van der Waals surface area (Å²) in [5.74, 6) is 1.05. The van der Waals surface area contributed by atoms with Gasteiger partial charge in [-0.15, -0.1) is 0 Å². The zero-order chi connectivity index (χ0) is 12.5. The number of phenols is 1. The van der Waals surface area contributed by atoms with E-state index in [-0.39, 0.29) is 11.7 Å². The second-order valence-corrected chi connectivity index (χ2v) is 4.31. The largest absolute Gasteiger partial charge is 0.508 e. The van der Waals surface area contributed by atoms with Gasteiger partial charge in [-0.1, -0.05) is 0 Å². The zero-order valence-electron chi connectivity index (χ0n) is 9.78. The van der Waals surface area contributed by atoms with E-state index in [0.29, 0.717) is 18.7 Å². The molecule has 0 unspecified atom stereocenters. The van der Waals surface area contributed by atoms with Crippen LogP contribution in [0.2, 0.25) is 0 Å². The highest BCUT2D eigenvalue weighted by Crippen LogP contribution is 2.16. The van der Waals surface area contributed by atoms with E-state index in [1.54, 1.807) is 23.2 Å². The molecule has 18 heavy (non-hydrogen) atoms. The average molecular weight is 243 g/mol. The molecular weight excluding hydrogens is 230 g/mol. The van der Waals surface area contributed by atoms with Crippen LogP contribution in [0.15, 0.2) is 36.7 Å². The monoisotopic (exact) mass is 243 g/mol. The lowest BCUT2D eigenvalue weighted by atomic mass is 10.2. The van der Waals surface area contributed by atoms with E-state index in [2.05, 4.69) is 9.55 Å². The van der Waals surface area contributed by atoms with Crippen molar-refractivity contribution in [2.75, 3.05) is 6.54 Å². The van der Waals surface area contributed by atoms with Gasteiger partial charge < -0.3 is 14.6 Å². The Morgan fingerprint density at radius 2 is 2.00 bits per heavy atom. The maximum atomic E-state index is 12.2. The minimum atomic E-state index is -0.0238. The van der Waals surface area contributed by atoms with Gasteiger partial charge in [-0.2, -0.15) is 0 Å². The summed E-state index contributed by atoms with van der Waals surface area (Å²) in [7, 11) is 0. The lowest BCUT2D eigenvalue weighted by Crippen LogP contribution is -2.38. The Bertz CT molecular complexity index is 574. The molecule has 0 spiro atoms. The predicted molar refractivity (Wildman–Crippen MR) is 65.1 cm³/mol. The molecule has 0 atom stereocenters. The van der Waals surface area contributed by atoms with Crippen molar-refractivity contribution in [3.05, 3.63) is 48.0 Å². The zero-order valence-corrected chi connectivity index (χ0v) is 9.78. The molecule has 0 aliphatic carbocycles. The first-order valence-electron chi connectivity index (χ1n) is 5.82. The second kappa shape index (κ2) is 4.18. The van der Waals surface area contributed by atoms with Crippen LogP contribution >= 0.6 is 0 Å². The number of benzene rings is 1. The van der Waals surface area contributed by atoms with Crippen molar-refractivity contribution in [3.63, 3.8) is 0 Å². The normalized spacial score (nSPS) is 14.3. The summed E-state index contributed by atoms with van der Waals surface area (Å²) in [5.41, 5.74) is 0.591. The van der Waals surface area contributed by atoms with Crippen molar-refractivity contribution in [1.82, 2.24) is 14.5 Å². The van der Waals surface area contributed by atoms with Crippen LogP contribution in [0.5, 0.6) is 5.75 Å². The second-order valence-electron chi connectivity index (χ2n) is 4.31. The van der Waals surface area contributed by atoms with E-state index in [0.717, 1.165) is 12.4 Å². The van der Waals surface area contributed by atoms with Crippen molar-refractivity contribution < 1.29 is 9.90 Å². The van der Waals surface area contributed by atoms with Gasteiger partial charge in [0.05, 0.1) is 6.54 Å². The Kier molecular flexibility index (Phi) is 2.51. The molecule has 5 heteroatoms. The number of rotatable bonds is 1. The Morgan fingerprint density at radius 3 is 2.78 bits per heavy atom. The number of amides is 1. The fourth-order valence-electron chi connectivity index (χ4n) is 2.13. The average Bonchev–Trinajstić information content (AvgIpc) is 2.86. The lowest BCUT2D eigenvalue weighted by Gasteiger charge is -2.27. The van der Waals surface area contributed by atoms with Crippen molar-refractivity contribution in [2.24, 2.45) is 0 Å². The Labute approximate surface area is 104 Å². The highest BCUT2D eigenvalue weighted by atomic mass is 16.3. The number of carbonyl (C=O) groups is 1. The van der Waals surface area contributed by atoms with Gasteiger partial charge in [0.25, 0.3) is 5.91 Å². The number of aromatic hydroxyl groups is 1. The molecule has 1 aromatic carbocycles. The summed E-state index contributed by atoms with van der Waals surface area (Å²) in [6.07, 6.45) is 3.68. The predicted octanol–water partition coefficient (Wildman–Crippen LogP) is 1.24. The van der Waals surface area contributed by atoms with E-state index in [1.807, 2.05) is 6.20 Å². The molecule has 1 N–H and O–H groups in total. The molecule has 2 heterocycles. The van der Waals surface area contributed by atoms with Gasteiger partial charge in [0.2, 0.25) is 0 Å². The maximum Gasteiger partial charge on any atom is 0.254 e. The van der Waals surface area contributed by atoms with E-state index >= 15 is 0 Å². The molecule has 0 radical (unpaired) electrons. The van der Waals surface area contributed by atoms with Gasteiger partial charge in [-0.05, 0) is 24.3 Å². The van der Waals surface area contributed by atoms with Gasteiger partial charge in [0.1, 0.15) is 11.6 Å². The third-order valence-corrected chi connectivity index (χ3v) is 3.15. The maximum absolute atomic E-state index is 12.2. The van der Waals surface area contributed by atoms with Gasteiger partial charge in [-0.3, -0.25) is 4.79 Å². The van der Waals surface area contributed by atoms with Gasteiger partial charge >= 0.3 is 0 Å². The number of hydrogen-bond acceptors (Lipinski definition) is 3. The number of imidazole rings is 1. The number of carbonyl (C=O) groups excluding carboxylic acids is 1. The molecule has 1 aliphatic heterocycles. The van der Waals surface area contributed by atoms with E-state index in [1.165, 1.54) is 12.1 Å². The van der Waals surface area contributed by atoms with Crippen LogP contribution in [0, 0.1) is 0 Å². The molecule has 0 bridgehead atoms. The number of nitrogens with zero attached hydrogens (tertiary/aromatic N) is 3. The van der Waals surface area contributed by atoms with E-state index < -0.39 is 0 Å². The summed E-state index contributed by atoms with van der Waals surface area (Å²) >= 11 is 0. The summed E-state index contributed by atoms with van der Waals surface area (Å²) in [6.45, 7) is 1.99. The summed E-state index contributed by atoms with van der Waals surface area (Å²) in [4.78, 5) is 18.2. The molecule has 1 aliphatic rings. The quantitative estimate of drug-likeness (QED) is 0.820. The Morgan fingerprint density at radius 1 is 1.22 bits per heavy atom. The van der Waals surface area contributed by atoms with E-state index in [4.69, 9.17) is 0 Å². The highest BCUT2D eigenvalue weighted by molar-refractivity contribution is 5.94. The molecule has 1 aromatic heterocycles. The smallest absolute Gasteiger partial charge is 0.254 e. The standard InChI is InChI=1S/C13H13N3O2/c17-11-3-1-10(2-4-11)13(18)16-8-7-15-6-5-14-12(15)9-16/h1-6,17H,7-9H2. The first-order valence-corrected chi connectivity index (χ1v) is 5.82. The van der Waals surface area contributed by atoms with Crippen LogP contribution < -0.4 is 0 Å². The first-order chi connectivity index (χ1) is 8.74. The SMILES string of the molecule is O=C(c1ccc(O)cc1)N1CCn2ccnc2C1. The fraction of sp³-hybridized carbons (Fsp3) is 0.231. The summed E-state index contributed by atoms with van der Waals surface area (Å²) in [6, 6.07) is 6.33. The Balaban J connectivity index is 1.80. The Hall–Kier alpha value is -2.30. The molecule has 1 amide bonds. The van der Waals surface area contributed by atoms with Crippen molar-refractivity contribution in [3.8, 4) is 5.75 Å². The third kappa shape index (κ3) is 1.84. The third-order valence-electron chi connectivity index (χ3n) is 3.15. The van der Waals surface area contributed by atoms with E-state index in [9.17, 15) is 9.90 Å². The van der Waals surface area contributed by atoms with Crippen LogP contribution in [0.4, 0.5) is 0 Å². The van der Waals surface area contributed by atoms with Crippen LogP contribution in [-0.4, -0.2) is 32.0 Å². The molecule has 92 valence electrons. The summed E-state index contributed by atoms with van der Waals surface area (Å²) < 4.78 is 2.06. The van der Waals surface area contributed by atoms with Crippen molar-refractivity contribution in [1.29, 1.82) is 0 Å². The van der Waals surface area contributed by atoms with Gasteiger partial charge in [0.15, 0.2) is 0 Å². The minimum absolute atomic E-state index is 0.0238. The van der Waals surface area contributed by atoms with Crippen LogP contribution in [-0.2, 0) is 13.1 Å². The summed E-state index contributed by atoms with van der Waals surface area (Å²) in [5, 5.41) is 9.21. The molecule has 0 saturated heterocycles. The lowest BCUT2D eigenvalue weighted by molar-refractivity contribution is 0.0707. The number of hydrogen-bond donors (Lipinski definition) is 1. The van der Waals surface area contributed by atoms with Crippen LogP contribution in [0.25, 0.3) is 0 Å². The minimum Gasteiger partial charge on any atom is -0.508 e. The molecular formula is C13H13N3O2. The number of phenolic OH excluding ortho intramolecular Hbond substituents is 1. The van der Waals surface area contributed by atoms with Crippen molar-refractivity contribution in [2.45, 2.75) is 13.1 Å². The van der Waals surface area contributed by atoms with Gasteiger partial charge in [-0.25, -0.2) is 4.98 Å². The molecule has 5 nitrogen and oxygen atoms in total. The fourth-order valence-corrected chi connectivity index (χ4v) is 2.13. The highest BCUT2D eigenvalue weighted by Gasteiger charge is 2.21. The molecule has 0 fully saturated rings. The van der Waals surface area contributed by atoms with Crippen LogP contribution in [0.3, 0.4) is 0 Å². The molecule has 3 rings (SSSR count). The molecule has 2 aromatic rings. The van der Waals surface area contributed by atoms with Gasteiger partial charge in [0, 0.05) is 31.0 Å². The first kappa shape index (κ1) is 10.8. The topological polar surface area (TPSA) is 58.4 Å². The van der Waals surface area contributed by atoms with Crippen LogP contribution in [0.1, 0.15) is 16.2 Å². The number of fused-ring (bicyclic) bond motifs is 1. The number of aromatic nitrogens is 2. The van der Waals surface area contributed by atoms with Crippen molar-refractivity contribution >= 4 is 5.91 Å².